The normalized spacial score (nSPS) is 21.5. The van der Waals surface area contributed by atoms with Gasteiger partial charge in [0.25, 0.3) is 0 Å². The lowest BCUT2D eigenvalue weighted by atomic mass is 9.63. The Morgan fingerprint density at radius 3 is 1.74 bits per heavy atom. The molecule has 0 heterocycles. The van der Waals surface area contributed by atoms with Gasteiger partial charge in [0.2, 0.25) is 0 Å². The standard InChI is InChI=1S/C60H50N2/c1-4-17-45(18-5-1)61(46-19-6-2-7-20-46)50-38-33-43(34-39-50)51-27-16-30-57-59(51)54-26-13-15-29-56(54)60(57)55-28-14-12-25-52(55)53-40-35-44(41-58(53)60)42-31-36-49(37-32-42)62(48-23-10-11-24-48)47-21-8-3-9-22-47/h1-10,13,16-23,25-28,30-41,48,54,56H,11-12,14-15,24,29H2. The maximum absolute atomic E-state index is 2.62. The molecule has 0 bridgehead atoms. The molecule has 7 aromatic carbocycles. The number of benzene rings is 7. The second-order valence-corrected chi connectivity index (χ2v) is 17.7. The van der Waals surface area contributed by atoms with Gasteiger partial charge in [0.15, 0.2) is 0 Å². The summed E-state index contributed by atoms with van der Waals surface area (Å²) in [5.74, 6) is 0.784. The molecule has 0 N–H and O–H groups in total. The van der Waals surface area contributed by atoms with Gasteiger partial charge in [-0.15, -0.1) is 0 Å². The molecule has 2 nitrogen and oxygen atoms in total. The smallest absolute Gasteiger partial charge is 0.0525 e. The van der Waals surface area contributed by atoms with Crippen molar-refractivity contribution < 1.29 is 0 Å². The van der Waals surface area contributed by atoms with Crippen molar-refractivity contribution in [2.24, 2.45) is 5.92 Å². The summed E-state index contributed by atoms with van der Waals surface area (Å²) in [6.45, 7) is 0. The fourth-order valence-corrected chi connectivity index (χ4v) is 11.9. The van der Waals surface area contributed by atoms with Crippen LogP contribution in [0, 0.1) is 5.92 Å². The van der Waals surface area contributed by atoms with Gasteiger partial charge in [0.05, 0.1) is 11.5 Å². The number of anilines is 5. The number of fused-ring (bicyclic) bond motifs is 10. The average Bonchev–Trinajstić information content (AvgIpc) is 4.06. The second-order valence-electron chi connectivity index (χ2n) is 17.7. The molecule has 0 saturated heterocycles. The Hall–Kier alpha value is -6.90. The quantitative estimate of drug-likeness (QED) is 0.141. The van der Waals surface area contributed by atoms with Crippen LogP contribution in [0.1, 0.15) is 66.7 Å². The highest BCUT2D eigenvalue weighted by Crippen LogP contribution is 2.68. The van der Waals surface area contributed by atoms with Crippen LogP contribution in [0.5, 0.6) is 0 Å². The van der Waals surface area contributed by atoms with Crippen LogP contribution in [-0.4, -0.2) is 6.04 Å². The Bertz CT molecular complexity index is 2860. The van der Waals surface area contributed by atoms with Crippen molar-refractivity contribution in [1.29, 1.82) is 0 Å². The van der Waals surface area contributed by atoms with Gasteiger partial charge < -0.3 is 9.80 Å². The van der Waals surface area contributed by atoms with Crippen molar-refractivity contribution >= 4 is 34.0 Å². The summed E-state index contributed by atoms with van der Waals surface area (Å²) in [6.07, 6.45) is 21.7. The first kappa shape index (κ1) is 36.9. The SMILES string of the molecule is C1=CC(N(c2ccccc2)c2ccc(-c3ccc4c(c3)C3(C5=CCCC=C54)c4cccc(-c5ccc(N(c6ccccc6)c6ccccc6)cc5)c4C4C=CCCC43)cc2)CC1. The lowest BCUT2D eigenvalue weighted by Gasteiger charge is -2.39. The highest BCUT2D eigenvalue weighted by molar-refractivity contribution is 5.96. The number of nitrogens with zero attached hydrogens (tertiary/aromatic N) is 2. The van der Waals surface area contributed by atoms with E-state index in [1.54, 1.807) is 5.57 Å². The maximum atomic E-state index is 2.62. The van der Waals surface area contributed by atoms with Gasteiger partial charge in [0, 0.05) is 34.4 Å². The van der Waals surface area contributed by atoms with E-state index < -0.39 is 0 Å². The molecule has 5 aliphatic rings. The summed E-state index contributed by atoms with van der Waals surface area (Å²) in [5.41, 5.74) is 19.9. The molecule has 2 heteroatoms. The number of rotatable bonds is 8. The van der Waals surface area contributed by atoms with Crippen LogP contribution in [0.3, 0.4) is 0 Å². The van der Waals surface area contributed by atoms with Gasteiger partial charge in [-0.25, -0.2) is 0 Å². The second kappa shape index (κ2) is 15.2. The van der Waals surface area contributed by atoms with Crippen LogP contribution >= 0.6 is 0 Å². The Balaban J connectivity index is 0.968. The molecule has 4 atom stereocenters. The molecule has 12 rings (SSSR count). The van der Waals surface area contributed by atoms with Gasteiger partial charge in [-0.05, 0) is 167 Å². The Kier molecular flexibility index (Phi) is 9.06. The van der Waals surface area contributed by atoms with Crippen molar-refractivity contribution in [3.8, 4) is 22.3 Å². The van der Waals surface area contributed by atoms with E-state index in [0.29, 0.717) is 17.9 Å². The van der Waals surface area contributed by atoms with Crippen LogP contribution in [0.2, 0.25) is 0 Å². The van der Waals surface area contributed by atoms with Crippen molar-refractivity contribution in [3.63, 3.8) is 0 Å². The Morgan fingerprint density at radius 2 is 1.03 bits per heavy atom. The molecular weight excluding hydrogens is 749 g/mol. The minimum absolute atomic E-state index is 0.200. The molecule has 0 saturated carbocycles. The average molecular weight is 799 g/mol. The Labute approximate surface area is 366 Å². The van der Waals surface area contributed by atoms with E-state index in [0.717, 1.165) is 49.2 Å². The number of para-hydroxylation sites is 3. The molecule has 62 heavy (non-hydrogen) atoms. The summed E-state index contributed by atoms with van der Waals surface area (Å²) < 4.78 is 0. The Morgan fingerprint density at radius 1 is 0.435 bits per heavy atom. The van der Waals surface area contributed by atoms with Crippen LogP contribution < -0.4 is 9.80 Å². The van der Waals surface area contributed by atoms with E-state index in [1.807, 2.05) is 0 Å². The van der Waals surface area contributed by atoms with Crippen LogP contribution in [-0.2, 0) is 5.41 Å². The van der Waals surface area contributed by atoms with Gasteiger partial charge in [-0.2, -0.15) is 0 Å². The summed E-state index contributed by atoms with van der Waals surface area (Å²) in [6, 6.07) is 66.0. The topological polar surface area (TPSA) is 6.48 Å². The molecule has 0 radical (unpaired) electrons. The van der Waals surface area contributed by atoms with E-state index >= 15 is 0 Å². The summed E-state index contributed by atoms with van der Waals surface area (Å²) in [4.78, 5) is 4.86. The van der Waals surface area contributed by atoms with Crippen LogP contribution in [0.25, 0.3) is 27.8 Å². The van der Waals surface area contributed by atoms with Gasteiger partial charge in [-0.3, -0.25) is 0 Å². The largest absolute Gasteiger partial charge is 0.335 e. The summed E-state index contributed by atoms with van der Waals surface area (Å²) in [5, 5.41) is 0. The minimum Gasteiger partial charge on any atom is -0.335 e. The van der Waals surface area contributed by atoms with Crippen LogP contribution in [0.4, 0.5) is 28.4 Å². The fraction of sp³-hybridized carbons (Fsp3) is 0.167. The molecule has 4 unspecified atom stereocenters. The predicted octanol–water partition coefficient (Wildman–Crippen LogP) is 15.8. The van der Waals surface area contributed by atoms with E-state index in [1.165, 1.54) is 67.9 Å². The zero-order chi connectivity index (χ0) is 41.0. The molecular formula is C60H50N2. The monoisotopic (exact) mass is 798 g/mol. The first-order chi connectivity index (χ1) is 30.8. The van der Waals surface area contributed by atoms with E-state index in [-0.39, 0.29) is 5.41 Å². The third-order valence-electron chi connectivity index (χ3n) is 14.5. The minimum atomic E-state index is -0.200. The number of hydrogen-bond donors (Lipinski definition) is 0. The van der Waals surface area contributed by atoms with Crippen molar-refractivity contribution in [3.05, 3.63) is 240 Å². The molecule has 7 aromatic rings. The van der Waals surface area contributed by atoms with Crippen LogP contribution in [0.15, 0.2) is 218 Å². The summed E-state index contributed by atoms with van der Waals surface area (Å²) in [7, 11) is 0. The number of allylic oxidation sites excluding steroid dienone is 7. The molecule has 1 spiro atoms. The first-order valence-corrected chi connectivity index (χ1v) is 22.8. The number of hydrogen-bond acceptors (Lipinski definition) is 2. The molecule has 300 valence electrons. The molecule has 0 fully saturated rings. The van der Waals surface area contributed by atoms with Crippen molar-refractivity contribution in [2.75, 3.05) is 9.80 Å². The maximum Gasteiger partial charge on any atom is 0.0525 e. The van der Waals surface area contributed by atoms with E-state index in [2.05, 4.69) is 222 Å². The van der Waals surface area contributed by atoms with E-state index in [9.17, 15) is 0 Å². The highest BCUT2D eigenvalue weighted by atomic mass is 15.2. The van der Waals surface area contributed by atoms with Gasteiger partial charge >= 0.3 is 0 Å². The fourth-order valence-electron chi connectivity index (χ4n) is 11.9. The predicted molar refractivity (Wildman–Crippen MR) is 260 cm³/mol. The van der Waals surface area contributed by atoms with Crippen molar-refractivity contribution in [2.45, 2.75) is 55.9 Å². The zero-order valence-electron chi connectivity index (χ0n) is 35.1. The molecule has 0 aliphatic heterocycles. The molecule has 5 aliphatic carbocycles. The van der Waals surface area contributed by atoms with E-state index in [4.69, 9.17) is 0 Å². The molecule has 0 amide bonds. The highest BCUT2D eigenvalue weighted by Gasteiger charge is 2.59. The first-order valence-electron chi connectivity index (χ1n) is 22.8. The zero-order valence-corrected chi connectivity index (χ0v) is 35.1. The lowest BCUT2D eigenvalue weighted by Crippen LogP contribution is -2.34. The van der Waals surface area contributed by atoms with Crippen molar-refractivity contribution in [1.82, 2.24) is 0 Å². The van der Waals surface area contributed by atoms with Gasteiger partial charge in [-0.1, -0.05) is 146 Å². The third kappa shape index (κ3) is 5.84. The van der Waals surface area contributed by atoms with Gasteiger partial charge in [0.1, 0.15) is 0 Å². The molecule has 0 aromatic heterocycles. The summed E-state index contributed by atoms with van der Waals surface area (Å²) >= 11 is 0. The lowest BCUT2D eigenvalue weighted by molar-refractivity contribution is 0.350. The third-order valence-corrected chi connectivity index (χ3v) is 14.5.